The molecule has 0 saturated carbocycles. The Morgan fingerprint density at radius 1 is 1.62 bits per heavy atom. The largest absolute Gasteiger partial charge is 0.370 e. The zero-order valence-electron chi connectivity index (χ0n) is 8.66. The fourth-order valence-electron chi connectivity index (χ4n) is 1.37. The number of thioether (sulfide) groups is 1. The molecule has 4 heteroatoms. The summed E-state index contributed by atoms with van der Waals surface area (Å²) < 4.78 is 0. The zero-order chi connectivity index (χ0) is 9.84. The molecule has 1 unspecified atom stereocenters. The van der Waals surface area contributed by atoms with Gasteiger partial charge in [-0.3, -0.25) is 4.99 Å². The van der Waals surface area contributed by atoms with Crippen molar-refractivity contribution < 1.29 is 0 Å². The van der Waals surface area contributed by atoms with Gasteiger partial charge < -0.3 is 10.6 Å². The van der Waals surface area contributed by atoms with E-state index in [0.717, 1.165) is 18.8 Å². The van der Waals surface area contributed by atoms with Crippen LogP contribution in [-0.4, -0.2) is 41.0 Å². The summed E-state index contributed by atoms with van der Waals surface area (Å²) in [7, 11) is 0. The summed E-state index contributed by atoms with van der Waals surface area (Å²) in [5, 5.41) is 0.676. The lowest BCUT2D eigenvalue weighted by atomic mass is 10.4. The average molecular weight is 201 g/mol. The maximum Gasteiger partial charge on any atom is 0.191 e. The first kappa shape index (κ1) is 10.7. The van der Waals surface area contributed by atoms with Crippen LogP contribution in [0.3, 0.4) is 0 Å². The molecule has 76 valence electrons. The third kappa shape index (κ3) is 3.46. The van der Waals surface area contributed by atoms with Crippen molar-refractivity contribution in [1.82, 2.24) is 4.90 Å². The van der Waals surface area contributed by atoms with E-state index in [-0.39, 0.29) is 0 Å². The van der Waals surface area contributed by atoms with Crippen LogP contribution in [0.1, 0.15) is 20.8 Å². The summed E-state index contributed by atoms with van der Waals surface area (Å²) >= 11 is 2.01. The molecule has 0 amide bonds. The van der Waals surface area contributed by atoms with Crippen LogP contribution in [0, 0.1) is 0 Å². The molecule has 1 aliphatic heterocycles. The topological polar surface area (TPSA) is 41.6 Å². The van der Waals surface area contributed by atoms with Gasteiger partial charge >= 0.3 is 0 Å². The summed E-state index contributed by atoms with van der Waals surface area (Å²) in [5.74, 6) is 1.87. The highest BCUT2D eigenvalue weighted by atomic mass is 32.2. The third-order valence-electron chi connectivity index (χ3n) is 1.96. The normalized spacial score (nSPS) is 25.4. The molecule has 0 aromatic heterocycles. The van der Waals surface area contributed by atoms with Crippen LogP contribution in [0.5, 0.6) is 0 Å². The Bertz CT molecular complexity index is 191. The molecule has 1 rings (SSSR count). The maximum absolute atomic E-state index is 5.88. The standard InChI is InChI=1S/C9H19N3S/c1-7(2)11-9(10)12-4-5-13-8(3)6-12/h7-8H,4-6H2,1-3H3,(H2,10,11). The van der Waals surface area contributed by atoms with E-state index in [1.54, 1.807) is 0 Å². The second-order valence-electron chi connectivity index (χ2n) is 3.71. The number of hydrogen-bond donors (Lipinski definition) is 1. The van der Waals surface area contributed by atoms with Gasteiger partial charge in [-0.25, -0.2) is 0 Å². The lowest BCUT2D eigenvalue weighted by Crippen LogP contribution is -2.45. The third-order valence-corrected chi connectivity index (χ3v) is 3.09. The van der Waals surface area contributed by atoms with E-state index in [9.17, 15) is 0 Å². The molecule has 2 N–H and O–H groups in total. The predicted molar refractivity (Wildman–Crippen MR) is 60.3 cm³/mol. The number of nitrogens with zero attached hydrogens (tertiary/aromatic N) is 2. The van der Waals surface area contributed by atoms with E-state index < -0.39 is 0 Å². The second-order valence-corrected chi connectivity index (χ2v) is 5.25. The van der Waals surface area contributed by atoms with Crippen LogP contribution < -0.4 is 5.73 Å². The lowest BCUT2D eigenvalue weighted by molar-refractivity contribution is 0.427. The highest BCUT2D eigenvalue weighted by Crippen LogP contribution is 2.17. The van der Waals surface area contributed by atoms with Gasteiger partial charge in [0.25, 0.3) is 0 Å². The van der Waals surface area contributed by atoms with Crippen molar-refractivity contribution in [2.24, 2.45) is 10.7 Å². The molecule has 0 bridgehead atoms. The number of nitrogens with two attached hydrogens (primary N) is 1. The summed E-state index contributed by atoms with van der Waals surface area (Å²) in [6.45, 7) is 8.41. The highest BCUT2D eigenvalue weighted by molar-refractivity contribution is 7.99. The molecule has 0 spiro atoms. The maximum atomic E-state index is 5.88. The highest BCUT2D eigenvalue weighted by Gasteiger charge is 2.17. The van der Waals surface area contributed by atoms with Crippen LogP contribution in [0.15, 0.2) is 4.99 Å². The first-order chi connectivity index (χ1) is 6.09. The Hall–Kier alpha value is -0.380. The molecule has 13 heavy (non-hydrogen) atoms. The van der Waals surface area contributed by atoms with Crippen molar-refractivity contribution >= 4 is 17.7 Å². The fourth-order valence-corrected chi connectivity index (χ4v) is 2.39. The lowest BCUT2D eigenvalue weighted by Gasteiger charge is -2.31. The van der Waals surface area contributed by atoms with E-state index in [2.05, 4.69) is 30.7 Å². The average Bonchev–Trinajstić information content (AvgIpc) is 2.03. The molecule has 0 aliphatic carbocycles. The molecule has 1 saturated heterocycles. The Morgan fingerprint density at radius 3 is 2.85 bits per heavy atom. The number of aliphatic imine (C=N–C) groups is 1. The summed E-state index contributed by atoms with van der Waals surface area (Å²) in [4.78, 5) is 6.53. The van der Waals surface area contributed by atoms with E-state index in [4.69, 9.17) is 5.73 Å². The van der Waals surface area contributed by atoms with Gasteiger partial charge in [0.05, 0.1) is 0 Å². The van der Waals surface area contributed by atoms with Crippen molar-refractivity contribution in [3.63, 3.8) is 0 Å². The van der Waals surface area contributed by atoms with Gasteiger partial charge in [-0.2, -0.15) is 11.8 Å². The first-order valence-electron chi connectivity index (χ1n) is 4.79. The van der Waals surface area contributed by atoms with Crippen molar-refractivity contribution in [3.05, 3.63) is 0 Å². The van der Waals surface area contributed by atoms with Crippen LogP contribution in [0.4, 0.5) is 0 Å². The van der Waals surface area contributed by atoms with Crippen molar-refractivity contribution in [2.45, 2.75) is 32.1 Å². The first-order valence-corrected chi connectivity index (χ1v) is 5.84. The number of rotatable bonds is 1. The van der Waals surface area contributed by atoms with E-state index in [1.807, 2.05) is 11.8 Å². The van der Waals surface area contributed by atoms with Crippen LogP contribution >= 0.6 is 11.8 Å². The second kappa shape index (κ2) is 4.74. The van der Waals surface area contributed by atoms with Gasteiger partial charge in [-0.1, -0.05) is 6.92 Å². The van der Waals surface area contributed by atoms with Crippen molar-refractivity contribution in [3.8, 4) is 0 Å². The van der Waals surface area contributed by atoms with Gasteiger partial charge in [0.15, 0.2) is 5.96 Å². The minimum Gasteiger partial charge on any atom is -0.370 e. The van der Waals surface area contributed by atoms with Gasteiger partial charge in [0.2, 0.25) is 0 Å². The van der Waals surface area contributed by atoms with Gasteiger partial charge in [0.1, 0.15) is 0 Å². The van der Waals surface area contributed by atoms with Gasteiger partial charge in [-0.15, -0.1) is 0 Å². The molecular weight excluding hydrogens is 182 g/mol. The predicted octanol–water partition coefficient (Wildman–Crippen LogP) is 1.15. The van der Waals surface area contributed by atoms with Crippen LogP contribution in [-0.2, 0) is 0 Å². The minimum absolute atomic E-state index is 0.296. The SMILES string of the molecule is CC(C)N=C(N)N1CCSC(C)C1. The number of hydrogen-bond acceptors (Lipinski definition) is 2. The summed E-state index contributed by atoms with van der Waals surface area (Å²) in [5.41, 5.74) is 5.88. The van der Waals surface area contributed by atoms with Crippen LogP contribution in [0.25, 0.3) is 0 Å². The van der Waals surface area contributed by atoms with E-state index in [1.165, 1.54) is 0 Å². The molecule has 0 aromatic carbocycles. The molecule has 3 nitrogen and oxygen atoms in total. The van der Waals surface area contributed by atoms with Crippen molar-refractivity contribution in [2.75, 3.05) is 18.8 Å². The quantitative estimate of drug-likeness (QED) is 0.511. The minimum atomic E-state index is 0.296. The van der Waals surface area contributed by atoms with E-state index in [0.29, 0.717) is 17.3 Å². The number of guanidine groups is 1. The zero-order valence-corrected chi connectivity index (χ0v) is 9.47. The Kier molecular flexibility index (Phi) is 3.90. The molecule has 1 fully saturated rings. The molecule has 1 aliphatic rings. The molecular formula is C9H19N3S. The Balaban J connectivity index is 2.50. The summed E-state index contributed by atoms with van der Waals surface area (Å²) in [6, 6.07) is 0.296. The van der Waals surface area contributed by atoms with Gasteiger partial charge in [0, 0.05) is 30.1 Å². The Labute approximate surface area is 84.8 Å². The van der Waals surface area contributed by atoms with Crippen molar-refractivity contribution in [1.29, 1.82) is 0 Å². The fraction of sp³-hybridized carbons (Fsp3) is 0.889. The molecule has 1 atom stereocenters. The summed E-state index contributed by atoms with van der Waals surface area (Å²) in [6.07, 6.45) is 0. The van der Waals surface area contributed by atoms with E-state index >= 15 is 0 Å². The van der Waals surface area contributed by atoms with Gasteiger partial charge in [-0.05, 0) is 13.8 Å². The monoisotopic (exact) mass is 201 g/mol. The molecule has 0 radical (unpaired) electrons. The molecule has 0 aromatic rings. The van der Waals surface area contributed by atoms with Crippen LogP contribution in [0.2, 0.25) is 0 Å². The smallest absolute Gasteiger partial charge is 0.191 e. The molecule has 1 heterocycles. The Morgan fingerprint density at radius 2 is 2.31 bits per heavy atom.